The zero-order chi connectivity index (χ0) is 16.0. The number of ether oxygens (including phenoxy) is 1. The van der Waals surface area contributed by atoms with Crippen LogP contribution in [-0.2, 0) is 22.3 Å². The van der Waals surface area contributed by atoms with Crippen LogP contribution in [0.4, 0.5) is 30.7 Å². The van der Waals surface area contributed by atoms with E-state index in [2.05, 4.69) is 10.1 Å². The maximum Gasteiger partial charge on any atom is 0.490 e. The second kappa shape index (κ2) is 4.86. The Morgan fingerprint density at radius 2 is 1.81 bits per heavy atom. The van der Waals surface area contributed by atoms with Gasteiger partial charge in [0, 0.05) is 12.1 Å². The average Bonchev–Trinajstić information content (AvgIpc) is 2.68. The van der Waals surface area contributed by atoms with E-state index < -0.39 is 35.9 Å². The molecule has 0 bridgehead atoms. The number of hydrogen-bond acceptors (Lipinski definition) is 3. The van der Waals surface area contributed by atoms with Gasteiger partial charge in [0.15, 0.2) is 6.23 Å². The third kappa shape index (κ3) is 3.09. The Bertz CT molecular complexity index is 579. The van der Waals surface area contributed by atoms with Crippen molar-refractivity contribution in [2.75, 3.05) is 0 Å². The van der Waals surface area contributed by atoms with E-state index in [-0.39, 0.29) is 17.7 Å². The van der Waals surface area contributed by atoms with Crippen LogP contribution in [0, 0.1) is 5.82 Å². The average molecular weight is 317 g/mol. The van der Waals surface area contributed by atoms with Gasteiger partial charge < -0.3 is 4.74 Å². The summed E-state index contributed by atoms with van der Waals surface area (Å²) in [7, 11) is 0. The van der Waals surface area contributed by atoms with Crippen molar-refractivity contribution in [3.8, 4) is 0 Å². The zero-order valence-electron chi connectivity index (χ0n) is 9.90. The number of halogens is 7. The van der Waals surface area contributed by atoms with Gasteiger partial charge in [0.25, 0.3) is 0 Å². The van der Waals surface area contributed by atoms with Crippen LogP contribution in [-0.4, -0.2) is 12.1 Å². The number of carbonyl (C=O) groups excluding carboxylic acids is 1. The molecule has 1 aromatic carbocycles. The van der Waals surface area contributed by atoms with Crippen molar-refractivity contribution in [3.63, 3.8) is 0 Å². The van der Waals surface area contributed by atoms with E-state index in [9.17, 15) is 35.5 Å². The number of rotatable bonds is 1. The van der Waals surface area contributed by atoms with Crippen molar-refractivity contribution in [1.82, 2.24) is 5.32 Å². The molecule has 0 saturated heterocycles. The summed E-state index contributed by atoms with van der Waals surface area (Å²) in [5.74, 6) is -4.10. The summed E-state index contributed by atoms with van der Waals surface area (Å²) in [6.45, 7) is -0.222. The zero-order valence-corrected chi connectivity index (χ0v) is 9.90. The van der Waals surface area contributed by atoms with Gasteiger partial charge in [-0.05, 0) is 17.7 Å². The van der Waals surface area contributed by atoms with E-state index in [0.29, 0.717) is 12.1 Å². The molecule has 0 amide bonds. The summed E-state index contributed by atoms with van der Waals surface area (Å²) in [4.78, 5) is 10.7. The van der Waals surface area contributed by atoms with Crippen LogP contribution in [0.5, 0.6) is 0 Å². The molecule has 0 saturated carbocycles. The largest absolute Gasteiger partial charge is 0.490 e. The summed E-state index contributed by atoms with van der Waals surface area (Å²) >= 11 is 0. The Labute approximate surface area is 112 Å². The molecule has 1 N–H and O–H groups in total. The molecule has 1 aliphatic rings. The lowest BCUT2D eigenvalue weighted by Gasteiger charge is -2.16. The summed E-state index contributed by atoms with van der Waals surface area (Å²) in [5.41, 5.74) is -2.01. The standard InChI is InChI=1S/C11H6F7NO2/c12-7-1-4-3-19-8(21-9(20)11(16,17)18)5(4)2-6(7)10(13,14)15/h1-2,8,19H,3H2. The van der Waals surface area contributed by atoms with Gasteiger partial charge in [0.1, 0.15) is 5.82 Å². The van der Waals surface area contributed by atoms with Gasteiger partial charge in [-0.1, -0.05) is 0 Å². The molecule has 0 spiro atoms. The first-order chi connectivity index (χ1) is 9.50. The highest BCUT2D eigenvalue weighted by molar-refractivity contribution is 5.76. The molecular weight excluding hydrogens is 311 g/mol. The lowest BCUT2D eigenvalue weighted by atomic mass is 10.0. The molecule has 0 aliphatic carbocycles. The minimum Gasteiger partial charge on any atom is -0.436 e. The highest BCUT2D eigenvalue weighted by Gasteiger charge is 2.44. The number of hydrogen-bond donors (Lipinski definition) is 1. The normalized spacial score (nSPS) is 18.5. The van der Waals surface area contributed by atoms with Crippen LogP contribution in [0.1, 0.15) is 22.9 Å². The Morgan fingerprint density at radius 3 is 2.33 bits per heavy atom. The Kier molecular flexibility index (Phi) is 3.60. The SMILES string of the molecule is O=C(OC1NCc2cc(F)c(C(F)(F)F)cc21)C(F)(F)F. The van der Waals surface area contributed by atoms with Gasteiger partial charge in [-0.2, -0.15) is 26.3 Å². The first kappa shape index (κ1) is 15.5. The predicted molar refractivity (Wildman–Crippen MR) is 53.1 cm³/mol. The van der Waals surface area contributed by atoms with Gasteiger partial charge in [0.05, 0.1) is 5.56 Å². The predicted octanol–water partition coefficient (Wildman–Crippen LogP) is 3.05. The monoisotopic (exact) mass is 317 g/mol. The van der Waals surface area contributed by atoms with Crippen molar-refractivity contribution < 1.29 is 40.3 Å². The molecule has 0 aromatic heterocycles. The molecule has 1 atom stereocenters. The minimum atomic E-state index is -5.28. The van der Waals surface area contributed by atoms with E-state index in [1.165, 1.54) is 0 Å². The highest BCUT2D eigenvalue weighted by Crippen LogP contribution is 2.37. The molecule has 0 radical (unpaired) electrons. The smallest absolute Gasteiger partial charge is 0.436 e. The molecule has 1 aromatic rings. The van der Waals surface area contributed by atoms with E-state index in [1.807, 2.05) is 0 Å². The molecule has 1 unspecified atom stereocenters. The molecule has 3 nitrogen and oxygen atoms in total. The van der Waals surface area contributed by atoms with Crippen molar-refractivity contribution >= 4 is 5.97 Å². The second-order valence-corrected chi connectivity index (χ2v) is 4.19. The topological polar surface area (TPSA) is 38.3 Å². The lowest BCUT2D eigenvalue weighted by Crippen LogP contribution is -2.30. The van der Waals surface area contributed by atoms with E-state index in [1.54, 1.807) is 0 Å². The Morgan fingerprint density at radius 1 is 1.19 bits per heavy atom. The first-order valence-corrected chi connectivity index (χ1v) is 5.41. The summed E-state index contributed by atoms with van der Waals surface area (Å²) in [5, 5.41) is 2.25. The third-order valence-electron chi connectivity index (χ3n) is 2.75. The fourth-order valence-corrected chi connectivity index (χ4v) is 1.84. The third-order valence-corrected chi connectivity index (χ3v) is 2.75. The number of carbonyl (C=O) groups is 1. The molecule has 10 heteroatoms. The van der Waals surface area contributed by atoms with E-state index in [0.717, 1.165) is 0 Å². The van der Waals surface area contributed by atoms with Crippen molar-refractivity contribution in [2.24, 2.45) is 0 Å². The molecule has 21 heavy (non-hydrogen) atoms. The highest BCUT2D eigenvalue weighted by atomic mass is 19.4. The summed E-state index contributed by atoms with van der Waals surface area (Å²) < 4.78 is 91.2. The quantitative estimate of drug-likeness (QED) is 0.639. The van der Waals surface area contributed by atoms with E-state index >= 15 is 0 Å². The molecule has 1 heterocycles. The van der Waals surface area contributed by atoms with E-state index in [4.69, 9.17) is 0 Å². The summed E-state index contributed by atoms with van der Waals surface area (Å²) in [6.07, 6.45) is -12.0. The van der Waals surface area contributed by atoms with Crippen LogP contribution >= 0.6 is 0 Å². The molecule has 0 fully saturated rings. The number of fused-ring (bicyclic) bond motifs is 1. The minimum absolute atomic E-state index is 0.0134. The fraction of sp³-hybridized carbons (Fsp3) is 0.364. The van der Waals surface area contributed by atoms with Gasteiger partial charge in [-0.25, -0.2) is 9.18 Å². The second-order valence-electron chi connectivity index (χ2n) is 4.19. The van der Waals surface area contributed by atoms with Gasteiger partial charge in [0.2, 0.25) is 0 Å². The maximum absolute atomic E-state index is 13.3. The number of alkyl halides is 6. The number of esters is 1. The van der Waals surface area contributed by atoms with Gasteiger partial charge in [-0.15, -0.1) is 0 Å². The van der Waals surface area contributed by atoms with Gasteiger partial charge in [-0.3, -0.25) is 5.32 Å². The van der Waals surface area contributed by atoms with Crippen molar-refractivity contribution in [2.45, 2.75) is 25.1 Å². The number of nitrogens with one attached hydrogen (secondary N) is 1. The molecular formula is C11H6F7NO2. The fourth-order valence-electron chi connectivity index (χ4n) is 1.84. The van der Waals surface area contributed by atoms with Crippen molar-refractivity contribution in [3.05, 3.63) is 34.6 Å². The Balaban J connectivity index is 2.33. The maximum atomic E-state index is 13.3. The van der Waals surface area contributed by atoms with Crippen LogP contribution in [0.15, 0.2) is 12.1 Å². The first-order valence-electron chi connectivity index (χ1n) is 5.41. The number of benzene rings is 1. The van der Waals surface area contributed by atoms with Crippen molar-refractivity contribution in [1.29, 1.82) is 0 Å². The van der Waals surface area contributed by atoms with Crippen LogP contribution < -0.4 is 5.32 Å². The van der Waals surface area contributed by atoms with Crippen LogP contribution in [0.25, 0.3) is 0 Å². The lowest BCUT2D eigenvalue weighted by molar-refractivity contribution is -0.206. The Hall–Kier alpha value is -1.84. The molecule has 2 rings (SSSR count). The van der Waals surface area contributed by atoms with Gasteiger partial charge >= 0.3 is 18.3 Å². The molecule has 1 aliphatic heterocycles. The van der Waals surface area contributed by atoms with Crippen LogP contribution in [0.3, 0.4) is 0 Å². The molecule has 116 valence electrons. The summed E-state index contributed by atoms with van der Waals surface area (Å²) in [6, 6.07) is 0.881. The van der Waals surface area contributed by atoms with Crippen LogP contribution in [0.2, 0.25) is 0 Å².